The van der Waals surface area contributed by atoms with Gasteiger partial charge in [-0.05, 0) is 44.8 Å². The summed E-state index contributed by atoms with van der Waals surface area (Å²) in [4.78, 5) is 4.88. The first-order valence-electron chi connectivity index (χ1n) is 9.82. The first kappa shape index (κ1) is 23.6. The second-order valence-electron chi connectivity index (χ2n) is 6.63. The van der Waals surface area contributed by atoms with Gasteiger partial charge in [0.25, 0.3) is 0 Å². The van der Waals surface area contributed by atoms with Crippen molar-refractivity contribution in [2.45, 2.75) is 77.6 Å². The van der Waals surface area contributed by atoms with Crippen molar-refractivity contribution in [2.75, 3.05) is 12.3 Å². The molecule has 0 aliphatic heterocycles. The van der Waals surface area contributed by atoms with Crippen molar-refractivity contribution in [2.24, 2.45) is 12.0 Å². The number of halogens is 1. The molecule has 1 aliphatic rings. The molecule has 1 aromatic rings. The number of rotatable bonds is 8. The lowest BCUT2D eigenvalue weighted by molar-refractivity contribution is 0.614. The molecule has 1 fully saturated rings. The van der Waals surface area contributed by atoms with Gasteiger partial charge in [0.05, 0.1) is 12.2 Å². The average Bonchev–Trinajstić information content (AvgIpc) is 3.16. The Morgan fingerprint density at radius 2 is 2.00 bits per heavy atom. The molecule has 1 saturated carbocycles. The number of hydrogen-bond donors (Lipinski definition) is 2. The molecular weight excluding hydrogens is 457 g/mol. The zero-order valence-electron chi connectivity index (χ0n) is 17.0. The maximum absolute atomic E-state index is 4.88. The third kappa shape index (κ3) is 6.32. The lowest BCUT2D eigenvalue weighted by atomic mass is 10.1. The SMILES string of the molecule is CCNC(=NCc1c(CC)nn(C)c1CC)NC1CCC(SCC)C1.I. The van der Waals surface area contributed by atoms with E-state index in [1.54, 1.807) is 0 Å². The summed E-state index contributed by atoms with van der Waals surface area (Å²) in [6, 6.07) is 0.548. The number of aromatic nitrogens is 2. The number of nitrogens with one attached hydrogen (secondary N) is 2. The van der Waals surface area contributed by atoms with Gasteiger partial charge in [-0.2, -0.15) is 16.9 Å². The predicted octanol–water partition coefficient (Wildman–Crippen LogP) is 3.89. The Labute approximate surface area is 180 Å². The van der Waals surface area contributed by atoms with Crippen LogP contribution in [0, 0.1) is 0 Å². The van der Waals surface area contributed by atoms with Crippen molar-refractivity contribution in [3.8, 4) is 0 Å². The van der Waals surface area contributed by atoms with Gasteiger partial charge in [0, 0.05) is 36.1 Å². The number of guanidine groups is 1. The number of aryl methyl sites for hydroxylation is 2. The Bertz CT molecular complexity index is 573. The van der Waals surface area contributed by atoms with Crippen LogP contribution in [0.15, 0.2) is 4.99 Å². The lowest BCUT2D eigenvalue weighted by Gasteiger charge is -2.17. The summed E-state index contributed by atoms with van der Waals surface area (Å²) in [5.74, 6) is 2.16. The highest BCUT2D eigenvalue weighted by molar-refractivity contribution is 14.0. The van der Waals surface area contributed by atoms with Crippen LogP contribution in [-0.4, -0.2) is 39.3 Å². The maximum Gasteiger partial charge on any atom is 0.191 e. The molecule has 0 aromatic carbocycles. The van der Waals surface area contributed by atoms with E-state index in [1.165, 1.54) is 42.0 Å². The van der Waals surface area contributed by atoms with Gasteiger partial charge in [0.1, 0.15) is 0 Å². The van der Waals surface area contributed by atoms with Crippen LogP contribution in [-0.2, 0) is 26.4 Å². The molecule has 0 bridgehead atoms. The summed E-state index contributed by atoms with van der Waals surface area (Å²) in [6.07, 6.45) is 5.77. The normalized spacial score (nSPS) is 20.1. The quantitative estimate of drug-likeness (QED) is 0.328. The molecule has 0 saturated heterocycles. The minimum atomic E-state index is 0. The fourth-order valence-electron chi connectivity index (χ4n) is 3.70. The molecule has 2 rings (SSSR count). The van der Waals surface area contributed by atoms with Crippen LogP contribution >= 0.6 is 35.7 Å². The number of thioether (sulfide) groups is 1. The summed E-state index contributed by atoms with van der Waals surface area (Å²) in [7, 11) is 2.04. The Kier molecular flexibility index (Phi) is 11.0. The van der Waals surface area contributed by atoms with Crippen LogP contribution < -0.4 is 10.6 Å². The Morgan fingerprint density at radius 1 is 1.23 bits per heavy atom. The molecule has 0 amide bonds. The maximum atomic E-state index is 4.88. The molecule has 0 spiro atoms. The number of hydrogen-bond acceptors (Lipinski definition) is 3. The second kappa shape index (κ2) is 12.1. The second-order valence-corrected chi connectivity index (χ2v) is 8.21. The molecule has 0 radical (unpaired) electrons. The third-order valence-electron chi connectivity index (χ3n) is 4.90. The van der Waals surface area contributed by atoms with Crippen LogP contribution in [0.25, 0.3) is 0 Å². The molecule has 26 heavy (non-hydrogen) atoms. The van der Waals surface area contributed by atoms with Gasteiger partial charge in [0.15, 0.2) is 5.96 Å². The van der Waals surface area contributed by atoms with E-state index in [0.717, 1.165) is 30.6 Å². The molecule has 2 atom stereocenters. The van der Waals surface area contributed by atoms with E-state index in [4.69, 9.17) is 4.99 Å². The summed E-state index contributed by atoms with van der Waals surface area (Å²) in [5.41, 5.74) is 3.78. The Morgan fingerprint density at radius 3 is 2.62 bits per heavy atom. The Hall–Kier alpha value is -0.440. The van der Waals surface area contributed by atoms with Gasteiger partial charge in [-0.15, -0.1) is 24.0 Å². The van der Waals surface area contributed by atoms with E-state index in [0.29, 0.717) is 12.6 Å². The summed E-state index contributed by atoms with van der Waals surface area (Å²) >= 11 is 2.09. The molecule has 7 heteroatoms. The fourth-order valence-corrected chi connectivity index (χ4v) is 4.84. The molecule has 150 valence electrons. The van der Waals surface area contributed by atoms with Gasteiger partial charge < -0.3 is 10.6 Å². The highest BCUT2D eigenvalue weighted by atomic mass is 127. The fraction of sp³-hybridized carbons (Fsp3) is 0.789. The molecule has 5 nitrogen and oxygen atoms in total. The molecule has 2 N–H and O–H groups in total. The standard InChI is InChI=1S/C19H35N5S.HI/c1-6-17-16(18(7-2)24(5)23-17)13-21-19(20-8-3)22-14-10-11-15(12-14)25-9-4;/h14-15H,6-13H2,1-5H3,(H2,20,21,22);1H. The summed E-state index contributed by atoms with van der Waals surface area (Å²) in [6.45, 7) is 10.3. The Balaban J connectivity index is 0.00000338. The minimum Gasteiger partial charge on any atom is -0.357 e. The van der Waals surface area contributed by atoms with Crippen LogP contribution in [0.4, 0.5) is 0 Å². The molecule has 2 unspecified atom stereocenters. The molecular formula is C19H36IN5S. The smallest absolute Gasteiger partial charge is 0.191 e. The van der Waals surface area contributed by atoms with Gasteiger partial charge >= 0.3 is 0 Å². The van der Waals surface area contributed by atoms with Crippen LogP contribution in [0.5, 0.6) is 0 Å². The zero-order valence-corrected chi connectivity index (χ0v) is 20.1. The van der Waals surface area contributed by atoms with Crippen molar-refractivity contribution in [1.29, 1.82) is 0 Å². The van der Waals surface area contributed by atoms with Gasteiger partial charge in [-0.25, -0.2) is 4.99 Å². The average molecular weight is 494 g/mol. The van der Waals surface area contributed by atoms with Crippen molar-refractivity contribution >= 4 is 41.7 Å². The first-order valence-corrected chi connectivity index (χ1v) is 10.9. The monoisotopic (exact) mass is 493 g/mol. The van der Waals surface area contributed by atoms with Crippen molar-refractivity contribution in [3.63, 3.8) is 0 Å². The van der Waals surface area contributed by atoms with Gasteiger partial charge in [-0.3, -0.25) is 4.68 Å². The van der Waals surface area contributed by atoms with Crippen molar-refractivity contribution < 1.29 is 0 Å². The lowest BCUT2D eigenvalue weighted by Crippen LogP contribution is -2.42. The van der Waals surface area contributed by atoms with E-state index in [1.807, 2.05) is 11.7 Å². The van der Waals surface area contributed by atoms with E-state index in [9.17, 15) is 0 Å². The topological polar surface area (TPSA) is 54.2 Å². The van der Waals surface area contributed by atoms with Crippen molar-refractivity contribution in [3.05, 3.63) is 17.0 Å². The molecule has 1 heterocycles. The van der Waals surface area contributed by atoms with Crippen LogP contribution in [0.3, 0.4) is 0 Å². The van der Waals surface area contributed by atoms with Gasteiger partial charge in [0.2, 0.25) is 0 Å². The largest absolute Gasteiger partial charge is 0.357 e. The number of nitrogens with zero attached hydrogens (tertiary/aromatic N) is 3. The molecule has 1 aromatic heterocycles. The van der Waals surface area contributed by atoms with Crippen molar-refractivity contribution in [1.82, 2.24) is 20.4 Å². The predicted molar refractivity (Wildman–Crippen MR) is 125 cm³/mol. The van der Waals surface area contributed by atoms with Gasteiger partial charge in [-0.1, -0.05) is 20.8 Å². The van der Waals surface area contributed by atoms with E-state index < -0.39 is 0 Å². The minimum absolute atomic E-state index is 0. The third-order valence-corrected chi connectivity index (χ3v) is 6.13. The van der Waals surface area contributed by atoms with E-state index in [2.05, 4.69) is 55.2 Å². The first-order chi connectivity index (χ1) is 12.1. The summed E-state index contributed by atoms with van der Waals surface area (Å²) in [5, 5.41) is 12.5. The summed E-state index contributed by atoms with van der Waals surface area (Å²) < 4.78 is 2.02. The zero-order chi connectivity index (χ0) is 18.2. The molecule has 1 aliphatic carbocycles. The van der Waals surface area contributed by atoms with Crippen LogP contribution in [0.2, 0.25) is 0 Å². The highest BCUT2D eigenvalue weighted by Gasteiger charge is 2.25. The number of aliphatic imine (C=N–C) groups is 1. The van der Waals surface area contributed by atoms with E-state index in [-0.39, 0.29) is 24.0 Å². The van der Waals surface area contributed by atoms with E-state index >= 15 is 0 Å². The highest BCUT2D eigenvalue weighted by Crippen LogP contribution is 2.29. The van der Waals surface area contributed by atoms with Crippen LogP contribution in [0.1, 0.15) is 63.9 Å².